The van der Waals surface area contributed by atoms with Crippen LogP contribution in [0.5, 0.6) is 0 Å². The van der Waals surface area contributed by atoms with Gasteiger partial charge in [0.05, 0.1) is 0 Å². The van der Waals surface area contributed by atoms with Gasteiger partial charge in [-0.3, -0.25) is 0 Å². The van der Waals surface area contributed by atoms with Gasteiger partial charge >= 0.3 is 6.18 Å². The SMILES string of the molecule is CNc1cc(NCCc2cccs2)nc(C(F)(F)F)n1. The Bertz CT molecular complexity index is 554. The van der Waals surface area contributed by atoms with Crippen LogP contribution in [0.4, 0.5) is 24.8 Å². The number of nitrogens with zero attached hydrogens (tertiary/aromatic N) is 2. The molecule has 0 unspecified atom stereocenters. The van der Waals surface area contributed by atoms with Crippen LogP contribution in [0.1, 0.15) is 10.7 Å². The first kappa shape index (κ1) is 14.6. The lowest BCUT2D eigenvalue weighted by atomic mass is 10.3. The van der Waals surface area contributed by atoms with Gasteiger partial charge in [0.2, 0.25) is 5.82 Å². The van der Waals surface area contributed by atoms with Gasteiger partial charge in [0.15, 0.2) is 0 Å². The van der Waals surface area contributed by atoms with Crippen LogP contribution in [0.15, 0.2) is 23.6 Å². The normalized spacial score (nSPS) is 11.4. The third-order valence-corrected chi connectivity index (χ3v) is 3.43. The highest BCUT2D eigenvalue weighted by Gasteiger charge is 2.35. The van der Waals surface area contributed by atoms with Crippen molar-refractivity contribution in [2.75, 3.05) is 24.2 Å². The Hall–Kier alpha value is -1.83. The third kappa shape index (κ3) is 3.83. The Morgan fingerprint density at radius 2 is 2.00 bits per heavy atom. The van der Waals surface area contributed by atoms with Gasteiger partial charge in [-0.1, -0.05) is 6.07 Å². The van der Waals surface area contributed by atoms with E-state index in [2.05, 4.69) is 20.6 Å². The van der Waals surface area contributed by atoms with Gasteiger partial charge in [-0.2, -0.15) is 13.2 Å². The molecule has 0 saturated heterocycles. The van der Waals surface area contributed by atoms with Crippen LogP contribution in [-0.4, -0.2) is 23.6 Å². The number of halogens is 3. The predicted molar refractivity (Wildman–Crippen MR) is 73.1 cm³/mol. The minimum absolute atomic E-state index is 0.131. The standard InChI is InChI=1S/C12H13F3N4S/c1-16-9-7-10(19-11(18-9)12(13,14)15)17-5-4-8-3-2-6-20-8/h2-3,6-7H,4-5H2,1H3,(H2,16,17,18,19). The van der Waals surface area contributed by atoms with Gasteiger partial charge in [-0.05, 0) is 17.9 Å². The van der Waals surface area contributed by atoms with Gasteiger partial charge in [-0.15, -0.1) is 11.3 Å². The van der Waals surface area contributed by atoms with E-state index in [1.807, 2.05) is 17.5 Å². The average molecular weight is 302 g/mol. The average Bonchev–Trinajstić information content (AvgIpc) is 2.90. The quantitative estimate of drug-likeness (QED) is 0.890. The van der Waals surface area contributed by atoms with E-state index in [4.69, 9.17) is 0 Å². The molecule has 0 aliphatic carbocycles. The summed E-state index contributed by atoms with van der Waals surface area (Å²) < 4.78 is 38.0. The van der Waals surface area contributed by atoms with E-state index in [1.165, 1.54) is 13.1 Å². The molecule has 0 spiro atoms. The van der Waals surface area contributed by atoms with Crippen molar-refractivity contribution in [3.8, 4) is 0 Å². The summed E-state index contributed by atoms with van der Waals surface area (Å²) in [7, 11) is 1.51. The van der Waals surface area contributed by atoms with E-state index in [9.17, 15) is 13.2 Å². The molecule has 2 rings (SSSR count). The van der Waals surface area contributed by atoms with Crippen LogP contribution in [0.3, 0.4) is 0 Å². The van der Waals surface area contributed by atoms with E-state index >= 15 is 0 Å². The summed E-state index contributed by atoms with van der Waals surface area (Å²) in [6, 6.07) is 5.36. The Balaban J connectivity index is 2.06. The Morgan fingerprint density at radius 1 is 1.25 bits per heavy atom. The van der Waals surface area contributed by atoms with Crippen molar-refractivity contribution >= 4 is 23.0 Å². The highest BCUT2D eigenvalue weighted by atomic mass is 32.1. The summed E-state index contributed by atoms with van der Waals surface area (Å²) in [5.41, 5.74) is 0. The molecule has 108 valence electrons. The molecule has 20 heavy (non-hydrogen) atoms. The van der Waals surface area contributed by atoms with Crippen molar-refractivity contribution in [3.05, 3.63) is 34.3 Å². The number of rotatable bonds is 5. The molecule has 0 bridgehead atoms. The van der Waals surface area contributed by atoms with Gasteiger partial charge in [-0.25, -0.2) is 9.97 Å². The monoisotopic (exact) mass is 302 g/mol. The molecular weight excluding hydrogens is 289 g/mol. The molecule has 0 amide bonds. The minimum Gasteiger partial charge on any atom is -0.373 e. The second-order valence-corrected chi connectivity index (χ2v) is 5.00. The number of thiophene rings is 1. The first-order chi connectivity index (χ1) is 9.49. The largest absolute Gasteiger partial charge is 0.451 e. The Kier molecular flexibility index (Phi) is 4.43. The lowest BCUT2D eigenvalue weighted by Gasteiger charge is -2.11. The van der Waals surface area contributed by atoms with Crippen molar-refractivity contribution in [1.82, 2.24) is 9.97 Å². The zero-order valence-corrected chi connectivity index (χ0v) is 11.5. The van der Waals surface area contributed by atoms with Gasteiger partial charge < -0.3 is 10.6 Å². The number of anilines is 2. The fourth-order valence-electron chi connectivity index (χ4n) is 1.56. The molecule has 2 aromatic rings. The first-order valence-corrected chi connectivity index (χ1v) is 6.77. The first-order valence-electron chi connectivity index (χ1n) is 5.89. The predicted octanol–water partition coefficient (Wildman–Crippen LogP) is 3.25. The van der Waals surface area contributed by atoms with Crippen molar-refractivity contribution in [2.24, 2.45) is 0 Å². The van der Waals surface area contributed by atoms with Crippen LogP contribution in [0, 0.1) is 0 Å². The molecule has 0 aliphatic rings. The summed E-state index contributed by atoms with van der Waals surface area (Å²) in [4.78, 5) is 8.05. The summed E-state index contributed by atoms with van der Waals surface area (Å²) >= 11 is 1.61. The van der Waals surface area contributed by atoms with Crippen LogP contribution in [0.2, 0.25) is 0 Å². The summed E-state index contributed by atoms with van der Waals surface area (Å²) in [5.74, 6) is -0.859. The summed E-state index contributed by atoms with van der Waals surface area (Å²) in [5, 5.41) is 7.44. The number of hydrogen-bond donors (Lipinski definition) is 2. The number of alkyl halides is 3. The molecule has 2 heterocycles. The number of hydrogen-bond acceptors (Lipinski definition) is 5. The van der Waals surface area contributed by atoms with E-state index < -0.39 is 12.0 Å². The molecule has 2 N–H and O–H groups in total. The van der Waals surface area contributed by atoms with E-state index in [0.29, 0.717) is 6.54 Å². The van der Waals surface area contributed by atoms with Crippen molar-refractivity contribution in [2.45, 2.75) is 12.6 Å². The fourth-order valence-corrected chi connectivity index (χ4v) is 2.27. The summed E-state index contributed by atoms with van der Waals surface area (Å²) in [6.07, 6.45) is -3.82. The lowest BCUT2D eigenvalue weighted by Crippen LogP contribution is -2.15. The van der Waals surface area contributed by atoms with Gasteiger partial charge in [0, 0.05) is 24.5 Å². The van der Waals surface area contributed by atoms with E-state index in [1.54, 1.807) is 11.3 Å². The third-order valence-electron chi connectivity index (χ3n) is 2.49. The minimum atomic E-state index is -4.56. The topological polar surface area (TPSA) is 49.8 Å². The molecule has 0 aromatic carbocycles. The van der Waals surface area contributed by atoms with Gasteiger partial charge in [0.25, 0.3) is 0 Å². The van der Waals surface area contributed by atoms with Crippen LogP contribution in [0.25, 0.3) is 0 Å². The second kappa shape index (κ2) is 6.08. The second-order valence-electron chi connectivity index (χ2n) is 3.97. The van der Waals surface area contributed by atoms with Crippen molar-refractivity contribution < 1.29 is 13.2 Å². The molecule has 0 aliphatic heterocycles. The highest BCUT2D eigenvalue weighted by Crippen LogP contribution is 2.28. The van der Waals surface area contributed by atoms with Crippen molar-refractivity contribution in [3.63, 3.8) is 0 Å². The number of aromatic nitrogens is 2. The van der Waals surface area contributed by atoms with Crippen LogP contribution >= 0.6 is 11.3 Å². The highest BCUT2D eigenvalue weighted by molar-refractivity contribution is 7.09. The van der Waals surface area contributed by atoms with Gasteiger partial charge in [0.1, 0.15) is 11.6 Å². The molecular formula is C12H13F3N4S. The Morgan fingerprint density at radius 3 is 2.60 bits per heavy atom. The van der Waals surface area contributed by atoms with Crippen LogP contribution < -0.4 is 10.6 Å². The fraction of sp³-hybridized carbons (Fsp3) is 0.333. The molecule has 4 nitrogen and oxygen atoms in total. The lowest BCUT2D eigenvalue weighted by molar-refractivity contribution is -0.144. The molecule has 0 atom stereocenters. The van der Waals surface area contributed by atoms with Crippen molar-refractivity contribution in [1.29, 1.82) is 0 Å². The number of nitrogens with one attached hydrogen (secondary N) is 2. The molecule has 0 fully saturated rings. The maximum atomic E-state index is 12.7. The molecule has 8 heteroatoms. The molecule has 2 aromatic heterocycles. The zero-order chi connectivity index (χ0) is 14.6. The summed E-state index contributed by atoms with van der Waals surface area (Å²) in [6.45, 7) is 0.512. The Labute approximate surface area is 118 Å². The van der Waals surface area contributed by atoms with Crippen LogP contribution in [-0.2, 0) is 12.6 Å². The maximum Gasteiger partial charge on any atom is 0.451 e. The van der Waals surface area contributed by atoms with E-state index in [0.717, 1.165) is 11.3 Å². The smallest absolute Gasteiger partial charge is 0.373 e. The van der Waals surface area contributed by atoms with E-state index in [-0.39, 0.29) is 11.6 Å². The molecule has 0 radical (unpaired) electrons. The maximum absolute atomic E-state index is 12.7. The zero-order valence-electron chi connectivity index (χ0n) is 10.7. The molecule has 0 saturated carbocycles.